The highest BCUT2D eigenvalue weighted by Crippen LogP contribution is 2.45. The lowest BCUT2D eigenvalue weighted by Gasteiger charge is -2.54. The van der Waals surface area contributed by atoms with E-state index in [1.165, 1.54) is 0 Å². The van der Waals surface area contributed by atoms with Crippen LogP contribution in [0.3, 0.4) is 0 Å². The lowest BCUT2D eigenvalue weighted by Crippen LogP contribution is -2.62. The lowest BCUT2D eigenvalue weighted by molar-refractivity contribution is -0.136. The van der Waals surface area contributed by atoms with E-state index in [4.69, 9.17) is 4.74 Å². The highest BCUT2D eigenvalue weighted by molar-refractivity contribution is 5.94. The van der Waals surface area contributed by atoms with Gasteiger partial charge in [0.2, 0.25) is 0 Å². The first-order valence-corrected chi connectivity index (χ1v) is 8.38. The topological polar surface area (TPSA) is 54.5 Å². The number of anilines is 1. The van der Waals surface area contributed by atoms with Crippen molar-refractivity contribution in [3.63, 3.8) is 0 Å². The average Bonchev–Trinajstić information content (AvgIpc) is 2.50. The van der Waals surface area contributed by atoms with Crippen LogP contribution in [0.4, 0.5) is 5.82 Å². The first-order chi connectivity index (χ1) is 10.8. The minimum absolute atomic E-state index is 0.0154. The summed E-state index contributed by atoms with van der Waals surface area (Å²) in [5.41, 5.74) is 0.602. The lowest BCUT2D eigenvalue weighted by atomic mass is 9.63. The Morgan fingerprint density at radius 2 is 2.17 bits per heavy atom. The molecular formula is C18H29N3O2. The van der Waals surface area contributed by atoms with Crippen LogP contribution in [0, 0.1) is 5.41 Å². The number of ether oxygens (including phenoxy) is 1. The number of amides is 1. The maximum Gasteiger partial charge on any atom is 0.255 e. The molecule has 1 aliphatic carbocycles. The molecule has 1 N–H and O–H groups in total. The molecule has 0 saturated heterocycles. The van der Waals surface area contributed by atoms with Crippen molar-refractivity contribution < 1.29 is 9.53 Å². The third-order valence-corrected chi connectivity index (χ3v) is 4.73. The maximum absolute atomic E-state index is 12.7. The van der Waals surface area contributed by atoms with E-state index >= 15 is 0 Å². The second kappa shape index (κ2) is 6.87. The highest BCUT2D eigenvalue weighted by atomic mass is 16.5. The Hall–Kier alpha value is -1.62. The molecule has 23 heavy (non-hydrogen) atoms. The molecule has 1 fully saturated rings. The Kier molecular flexibility index (Phi) is 5.30. The van der Waals surface area contributed by atoms with Gasteiger partial charge in [0.05, 0.1) is 11.7 Å². The minimum atomic E-state index is -0.0208. The van der Waals surface area contributed by atoms with Crippen molar-refractivity contribution in [2.75, 3.05) is 19.0 Å². The van der Waals surface area contributed by atoms with Crippen LogP contribution in [0.1, 0.15) is 51.4 Å². The van der Waals surface area contributed by atoms with Crippen molar-refractivity contribution in [3.8, 4) is 0 Å². The predicted molar refractivity (Wildman–Crippen MR) is 92.7 cm³/mol. The Bertz CT molecular complexity index is 540. The molecule has 1 aromatic heterocycles. The summed E-state index contributed by atoms with van der Waals surface area (Å²) < 4.78 is 5.75. The first-order valence-electron chi connectivity index (χ1n) is 8.38. The van der Waals surface area contributed by atoms with Crippen molar-refractivity contribution >= 4 is 11.7 Å². The molecule has 0 bridgehead atoms. The second-order valence-electron chi connectivity index (χ2n) is 7.16. The van der Waals surface area contributed by atoms with Crippen molar-refractivity contribution in [1.82, 2.24) is 9.88 Å². The Balaban J connectivity index is 2.03. The smallest absolute Gasteiger partial charge is 0.255 e. The molecule has 0 spiro atoms. The number of pyridine rings is 1. The standard InChI is InChI=1S/C18H29N3O2/c1-7-23-15-10-14(18(15,4)5)21(6)17(22)13-8-9-16(19-11-13)20-12(2)3/h8-9,11-12,14-15H,7,10H2,1-6H3,(H,19,20). The molecule has 2 unspecified atom stereocenters. The summed E-state index contributed by atoms with van der Waals surface area (Å²) in [5, 5.41) is 3.23. The monoisotopic (exact) mass is 319 g/mol. The molecule has 5 nitrogen and oxygen atoms in total. The van der Waals surface area contributed by atoms with E-state index in [0.717, 1.165) is 12.2 Å². The van der Waals surface area contributed by atoms with Gasteiger partial charge in [-0.05, 0) is 39.3 Å². The molecule has 0 radical (unpaired) electrons. The van der Waals surface area contributed by atoms with Gasteiger partial charge in [0.15, 0.2) is 0 Å². The first kappa shape index (κ1) is 17.7. The molecule has 2 rings (SSSR count). The SMILES string of the molecule is CCOC1CC(N(C)C(=O)c2ccc(NC(C)C)nc2)C1(C)C. The fourth-order valence-corrected chi connectivity index (χ4v) is 3.25. The number of carbonyl (C=O) groups is 1. The van der Waals surface area contributed by atoms with Crippen LogP contribution in [-0.2, 0) is 4.74 Å². The molecule has 1 aliphatic rings. The summed E-state index contributed by atoms with van der Waals surface area (Å²) >= 11 is 0. The third kappa shape index (κ3) is 3.66. The summed E-state index contributed by atoms with van der Waals surface area (Å²) in [5.74, 6) is 0.807. The Morgan fingerprint density at radius 1 is 1.48 bits per heavy atom. The van der Waals surface area contributed by atoms with Gasteiger partial charge in [-0.2, -0.15) is 0 Å². The molecule has 1 saturated carbocycles. The van der Waals surface area contributed by atoms with E-state index in [9.17, 15) is 4.79 Å². The van der Waals surface area contributed by atoms with E-state index < -0.39 is 0 Å². The van der Waals surface area contributed by atoms with Crippen LogP contribution in [0.15, 0.2) is 18.3 Å². The van der Waals surface area contributed by atoms with E-state index in [-0.39, 0.29) is 23.5 Å². The number of rotatable bonds is 6. The van der Waals surface area contributed by atoms with Gasteiger partial charge in [-0.25, -0.2) is 4.98 Å². The third-order valence-electron chi connectivity index (χ3n) is 4.73. The number of carbonyl (C=O) groups excluding carboxylic acids is 1. The summed E-state index contributed by atoms with van der Waals surface area (Å²) in [6.07, 6.45) is 2.77. The maximum atomic E-state index is 12.7. The average molecular weight is 319 g/mol. The van der Waals surface area contributed by atoms with Crippen LogP contribution in [0.25, 0.3) is 0 Å². The van der Waals surface area contributed by atoms with Gasteiger partial charge < -0.3 is 15.0 Å². The zero-order valence-electron chi connectivity index (χ0n) is 15.1. The molecule has 1 amide bonds. The van der Waals surface area contributed by atoms with Crippen LogP contribution in [-0.4, -0.2) is 47.6 Å². The van der Waals surface area contributed by atoms with Gasteiger partial charge in [0, 0.05) is 37.4 Å². The molecular weight excluding hydrogens is 290 g/mol. The van der Waals surface area contributed by atoms with E-state index in [1.807, 2.05) is 31.0 Å². The second-order valence-corrected chi connectivity index (χ2v) is 7.16. The number of nitrogens with one attached hydrogen (secondary N) is 1. The molecule has 0 aromatic carbocycles. The van der Waals surface area contributed by atoms with Crippen LogP contribution in [0.5, 0.6) is 0 Å². The van der Waals surface area contributed by atoms with Crippen molar-refractivity contribution in [3.05, 3.63) is 23.9 Å². The van der Waals surface area contributed by atoms with Gasteiger partial charge in [-0.15, -0.1) is 0 Å². The Morgan fingerprint density at radius 3 is 2.65 bits per heavy atom. The number of aromatic nitrogens is 1. The fraction of sp³-hybridized carbons (Fsp3) is 0.667. The van der Waals surface area contributed by atoms with Crippen LogP contribution >= 0.6 is 0 Å². The highest BCUT2D eigenvalue weighted by Gasteiger charge is 2.51. The number of hydrogen-bond donors (Lipinski definition) is 1. The molecule has 0 aliphatic heterocycles. The van der Waals surface area contributed by atoms with Crippen LogP contribution < -0.4 is 5.32 Å². The van der Waals surface area contributed by atoms with Gasteiger partial charge in [0.25, 0.3) is 5.91 Å². The summed E-state index contributed by atoms with van der Waals surface area (Å²) in [7, 11) is 1.87. The molecule has 1 heterocycles. The van der Waals surface area contributed by atoms with E-state index in [2.05, 4.69) is 38.0 Å². The number of hydrogen-bond acceptors (Lipinski definition) is 4. The van der Waals surface area contributed by atoms with Crippen LogP contribution in [0.2, 0.25) is 0 Å². The fourth-order valence-electron chi connectivity index (χ4n) is 3.25. The molecule has 5 heteroatoms. The molecule has 128 valence electrons. The van der Waals surface area contributed by atoms with Crippen molar-refractivity contribution in [2.24, 2.45) is 5.41 Å². The van der Waals surface area contributed by atoms with Crippen molar-refractivity contribution in [1.29, 1.82) is 0 Å². The summed E-state index contributed by atoms with van der Waals surface area (Å²) in [4.78, 5) is 18.8. The van der Waals surface area contributed by atoms with Gasteiger partial charge >= 0.3 is 0 Å². The van der Waals surface area contributed by atoms with Crippen molar-refractivity contribution in [2.45, 2.75) is 59.2 Å². The summed E-state index contributed by atoms with van der Waals surface area (Å²) in [6.45, 7) is 11.2. The van der Waals surface area contributed by atoms with Gasteiger partial charge in [-0.3, -0.25) is 4.79 Å². The zero-order valence-corrected chi connectivity index (χ0v) is 15.1. The van der Waals surface area contributed by atoms with Gasteiger partial charge in [0.1, 0.15) is 5.82 Å². The molecule has 2 atom stereocenters. The van der Waals surface area contributed by atoms with Gasteiger partial charge in [-0.1, -0.05) is 13.8 Å². The predicted octanol–water partition coefficient (Wildman–Crippen LogP) is 3.18. The quantitative estimate of drug-likeness (QED) is 0.875. The zero-order chi connectivity index (χ0) is 17.2. The Labute approximate surface area is 139 Å². The number of nitrogens with zero attached hydrogens (tertiary/aromatic N) is 2. The molecule has 1 aromatic rings. The normalized spacial score (nSPS) is 22.6. The largest absolute Gasteiger partial charge is 0.378 e. The minimum Gasteiger partial charge on any atom is -0.378 e. The van der Waals surface area contributed by atoms with E-state index in [1.54, 1.807) is 6.20 Å². The summed E-state index contributed by atoms with van der Waals surface area (Å²) in [6, 6.07) is 4.20. The van der Waals surface area contributed by atoms with E-state index in [0.29, 0.717) is 18.2 Å².